The summed E-state index contributed by atoms with van der Waals surface area (Å²) in [4.78, 5) is 23.1. The van der Waals surface area contributed by atoms with E-state index < -0.39 is 11.9 Å². The number of methoxy groups -OCH3 is 1. The Labute approximate surface area is 250 Å². The number of benzene rings is 2. The smallest absolute Gasteiger partial charge is 0.342 e. The number of para-hydroxylation sites is 2. The Kier molecular flexibility index (Phi) is 8.77. The van der Waals surface area contributed by atoms with Gasteiger partial charge in [-0.3, -0.25) is 0 Å². The molecule has 0 aromatic heterocycles. The van der Waals surface area contributed by atoms with Crippen LogP contribution in [0.4, 0.5) is 0 Å². The van der Waals surface area contributed by atoms with E-state index >= 15 is 0 Å². The molecule has 3 N–H and O–H groups in total. The number of fused-ring (bicyclic) bond motifs is 4. The van der Waals surface area contributed by atoms with Gasteiger partial charge < -0.3 is 24.8 Å². The molecule has 6 atom stereocenters. The summed E-state index contributed by atoms with van der Waals surface area (Å²) in [5.74, 6) is 0.419. The van der Waals surface area contributed by atoms with Crippen molar-refractivity contribution in [2.24, 2.45) is 33.5 Å². The van der Waals surface area contributed by atoms with E-state index in [2.05, 4.69) is 46.3 Å². The van der Waals surface area contributed by atoms with Crippen molar-refractivity contribution in [3.05, 3.63) is 59.7 Å². The quantitative estimate of drug-likeness (QED) is 0.331. The molecule has 230 valence electrons. The molecule has 0 spiro atoms. The van der Waals surface area contributed by atoms with Gasteiger partial charge in [-0.2, -0.15) is 0 Å². The van der Waals surface area contributed by atoms with Gasteiger partial charge in [0.2, 0.25) is 0 Å². The maximum Gasteiger partial charge on any atom is 0.342 e. The van der Waals surface area contributed by atoms with Gasteiger partial charge in [-0.1, -0.05) is 65.8 Å². The first-order valence-electron chi connectivity index (χ1n) is 15.1. The molecule has 2 aromatic rings. The number of ether oxygens (including phenoxy) is 2. The molecule has 6 unspecified atom stereocenters. The van der Waals surface area contributed by atoms with Crippen LogP contribution in [0.15, 0.2) is 48.5 Å². The molecule has 6 rings (SSSR count). The molecule has 0 saturated heterocycles. The molecular weight excluding hydrogens is 532 g/mol. The minimum atomic E-state index is -0.525. The zero-order chi connectivity index (χ0) is 31.1. The van der Waals surface area contributed by atoms with E-state index in [1.165, 1.54) is 44.6 Å². The third-order valence-electron chi connectivity index (χ3n) is 12.1. The first-order valence-corrected chi connectivity index (χ1v) is 15.1. The Bertz CT molecular complexity index is 1300. The number of phenolic OH excluding ortho intramolecular Hbond substituents is 2. The number of hydrogen-bond acceptors (Lipinski definition) is 7. The summed E-state index contributed by atoms with van der Waals surface area (Å²) < 4.78 is 10.2. The van der Waals surface area contributed by atoms with Gasteiger partial charge in [0.05, 0.1) is 13.2 Å². The molecule has 42 heavy (non-hydrogen) atoms. The molecule has 4 bridgehead atoms. The van der Waals surface area contributed by atoms with Crippen LogP contribution in [0.25, 0.3) is 0 Å². The van der Waals surface area contributed by atoms with Crippen molar-refractivity contribution in [3.8, 4) is 11.5 Å². The Morgan fingerprint density at radius 3 is 1.50 bits per heavy atom. The van der Waals surface area contributed by atoms with Gasteiger partial charge in [-0.25, -0.2) is 9.59 Å². The topological polar surface area (TPSA) is 113 Å². The van der Waals surface area contributed by atoms with Crippen molar-refractivity contribution in [2.75, 3.05) is 7.11 Å². The molecular formula is C35H48O7. The first-order chi connectivity index (χ1) is 19.6. The lowest BCUT2D eigenvalue weighted by molar-refractivity contribution is -0.0244. The number of phenols is 2. The zero-order valence-electron chi connectivity index (χ0n) is 26.1. The highest BCUT2D eigenvalue weighted by atomic mass is 16.5. The molecule has 7 heteroatoms. The summed E-state index contributed by atoms with van der Waals surface area (Å²) in [5, 5.41) is 28.7. The molecule has 4 saturated carbocycles. The number of rotatable bonds is 3. The first kappa shape index (κ1) is 31.9. The highest BCUT2D eigenvalue weighted by molar-refractivity contribution is 5.92. The van der Waals surface area contributed by atoms with Crippen molar-refractivity contribution in [1.82, 2.24) is 0 Å². The number of aliphatic hydroxyl groups is 1. The molecule has 0 aliphatic heterocycles. The van der Waals surface area contributed by atoms with Gasteiger partial charge in [0, 0.05) is 5.41 Å². The molecule has 7 nitrogen and oxygen atoms in total. The number of aliphatic hydroxyl groups excluding tert-OH is 1. The fourth-order valence-electron chi connectivity index (χ4n) is 8.07. The molecule has 2 aromatic carbocycles. The highest BCUT2D eigenvalue weighted by Gasteiger charge is 2.63. The highest BCUT2D eigenvalue weighted by Crippen LogP contribution is 2.66. The predicted octanol–water partition coefficient (Wildman–Crippen LogP) is 7.14. The molecule has 0 heterocycles. The van der Waals surface area contributed by atoms with Crippen LogP contribution in [0.1, 0.15) is 101 Å². The van der Waals surface area contributed by atoms with Crippen molar-refractivity contribution in [2.45, 2.75) is 92.3 Å². The van der Waals surface area contributed by atoms with Crippen LogP contribution in [-0.2, 0) is 9.47 Å². The maximum absolute atomic E-state index is 12.3. The monoisotopic (exact) mass is 580 g/mol. The third-order valence-corrected chi connectivity index (χ3v) is 12.1. The third kappa shape index (κ3) is 5.29. The summed E-state index contributed by atoms with van der Waals surface area (Å²) in [6.45, 7) is 13.7. The number of carbonyl (C=O) groups is 2. The van der Waals surface area contributed by atoms with Crippen LogP contribution in [0.3, 0.4) is 0 Å². The van der Waals surface area contributed by atoms with Crippen LogP contribution in [-0.4, -0.2) is 46.6 Å². The number of esters is 2. The average Bonchev–Trinajstić information content (AvgIpc) is 3.46. The van der Waals surface area contributed by atoms with Crippen LogP contribution in [0.5, 0.6) is 11.5 Å². The fourth-order valence-corrected chi connectivity index (χ4v) is 8.07. The SMILES string of the molecule is CC1(C)C2CCC1(C)C(O)C2.CC1(C)C2CCC1(C)C(OC(=O)c1ccccc1O)C2.COC(=O)c1ccccc1O. The normalized spacial score (nSPS) is 32.7. The maximum atomic E-state index is 12.3. The number of carbonyl (C=O) groups excluding carboxylic acids is 2. The van der Waals surface area contributed by atoms with Crippen molar-refractivity contribution in [3.63, 3.8) is 0 Å². The van der Waals surface area contributed by atoms with Gasteiger partial charge in [0.25, 0.3) is 0 Å². The molecule has 4 aliphatic rings. The predicted molar refractivity (Wildman–Crippen MR) is 161 cm³/mol. The Morgan fingerprint density at radius 1 is 0.714 bits per heavy atom. The second-order valence-corrected chi connectivity index (χ2v) is 14.2. The summed E-state index contributed by atoms with van der Waals surface area (Å²) in [6, 6.07) is 12.8. The minimum Gasteiger partial charge on any atom is -0.507 e. The van der Waals surface area contributed by atoms with E-state index in [0.29, 0.717) is 11.3 Å². The van der Waals surface area contributed by atoms with Crippen LogP contribution < -0.4 is 0 Å². The van der Waals surface area contributed by atoms with Gasteiger partial charge in [-0.15, -0.1) is 0 Å². The minimum absolute atomic E-state index is 0.00919. The lowest BCUT2D eigenvalue weighted by Crippen LogP contribution is -2.38. The molecule has 0 radical (unpaired) electrons. The van der Waals surface area contributed by atoms with Gasteiger partial charge in [0.1, 0.15) is 28.7 Å². The zero-order valence-corrected chi connectivity index (χ0v) is 26.1. The van der Waals surface area contributed by atoms with E-state index in [1.807, 2.05) is 0 Å². The summed E-state index contributed by atoms with van der Waals surface area (Å²) in [6.07, 6.45) is 6.83. The van der Waals surface area contributed by atoms with Crippen molar-refractivity contribution in [1.29, 1.82) is 0 Å². The summed E-state index contributed by atoms with van der Waals surface area (Å²) >= 11 is 0. The summed E-state index contributed by atoms with van der Waals surface area (Å²) in [7, 11) is 1.27. The van der Waals surface area contributed by atoms with Crippen LogP contribution in [0.2, 0.25) is 0 Å². The second kappa shape index (κ2) is 11.6. The van der Waals surface area contributed by atoms with Crippen molar-refractivity contribution < 1.29 is 34.4 Å². The Morgan fingerprint density at radius 2 is 1.17 bits per heavy atom. The number of aromatic hydroxyl groups is 2. The van der Waals surface area contributed by atoms with E-state index in [1.54, 1.807) is 30.3 Å². The standard InChI is InChI=1S/C17H22O3.C10H18O.C8H8O3/c1-16(2)11-8-9-17(16,3)14(10-11)20-15(19)12-6-4-5-7-13(12)18;1-9(2)7-4-5-10(9,3)8(11)6-7;1-11-8(10)6-4-2-3-5-7(6)9/h4-7,11,14,18H,8-10H2,1-3H3;7-8,11H,4-6H2,1-3H3;2-5,9H,1H3. The largest absolute Gasteiger partial charge is 0.507 e. The van der Waals surface area contributed by atoms with Gasteiger partial charge in [0.15, 0.2) is 0 Å². The van der Waals surface area contributed by atoms with E-state index in [4.69, 9.17) is 9.84 Å². The van der Waals surface area contributed by atoms with Crippen LogP contribution in [0, 0.1) is 33.5 Å². The molecule has 4 aliphatic carbocycles. The second-order valence-electron chi connectivity index (χ2n) is 14.2. The van der Waals surface area contributed by atoms with E-state index in [9.17, 15) is 19.8 Å². The lowest BCUT2D eigenvalue weighted by atomic mass is 9.70. The van der Waals surface area contributed by atoms with Gasteiger partial charge in [-0.05, 0) is 90.9 Å². The Hall–Kier alpha value is -3.06. The Balaban J connectivity index is 0.000000157. The van der Waals surface area contributed by atoms with E-state index in [-0.39, 0.29) is 51.1 Å². The van der Waals surface area contributed by atoms with Gasteiger partial charge >= 0.3 is 11.9 Å². The lowest BCUT2D eigenvalue weighted by Gasteiger charge is -2.38. The average molecular weight is 581 g/mol. The summed E-state index contributed by atoms with van der Waals surface area (Å²) in [5.41, 5.74) is 1.32. The van der Waals surface area contributed by atoms with E-state index in [0.717, 1.165) is 25.2 Å². The molecule has 4 fully saturated rings. The number of hydrogen-bond donors (Lipinski definition) is 3. The van der Waals surface area contributed by atoms with Crippen LogP contribution >= 0.6 is 0 Å². The van der Waals surface area contributed by atoms with Crippen molar-refractivity contribution >= 4 is 11.9 Å². The fraction of sp³-hybridized carbons (Fsp3) is 0.600. The molecule has 0 amide bonds.